The number of nitrogens with zero attached hydrogens (tertiary/aromatic N) is 3. The van der Waals surface area contributed by atoms with Gasteiger partial charge in [-0.3, -0.25) is 19.8 Å². The molecule has 0 unspecified atom stereocenters. The van der Waals surface area contributed by atoms with Crippen LogP contribution in [0.3, 0.4) is 0 Å². The number of carbonyl (C=O) groups excluding carboxylic acids is 1. The van der Waals surface area contributed by atoms with E-state index in [2.05, 4.69) is 18.7 Å². The van der Waals surface area contributed by atoms with Crippen LogP contribution in [0.15, 0.2) is 42.5 Å². The van der Waals surface area contributed by atoms with Crippen molar-refractivity contribution in [1.29, 1.82) is 0 Å². The number of nitro benzene ring substituents is 1. The minimum absolute atomic E-state index is 0.0818. The Balaban J connectivity index is 1.44. The lowest BCUT2D eigenvalue weighted by Gasteiger charge is -2.35. The third-order valence-corrected chi connectivity index (χ3v) is 6.46. The van der Waals surface area contributed by atoms with Crippen molar-refractivity contribution in [1.82, 2.24) is 9.80 Å². The molecule has 2 heterocycles. The smallest absolute Gasteiger partial charge is 0.269 e. The Morgan fingerprint density at radius 2 is 1.91 bits per heavy atom. The molecule has 0 saturated carbocycles. The highest BCUT2D eigenvalue weighted by Gasteiger charge is 2.30. The molecule has 8 nitrogen and oxygen atoms in total. The van der Waals surface area contributed by atoms with Gasteiger partial charge in [-0.05, 0) is 48.6 Å². The first-order valence-electron chi connectivity index (χ1n) is 12.5. The van der Waals surface area contributed by atoms with E-state index in [0.29, 0.717) is 45.3 Å². The second kappa shape index (κ2) is 11.5. The van der Waals surface area contributed by atoms with Gasteiger partial charge in [-0.2, -0.15) is 0 Å². The van der Waals surface area contributed by atoms with Crippen molar-refractivity contribution in [3.05, 3.63) is 63.7 Å². The van der Waals surface area contributed by atoms with Gasteiger partial charge in [0.2, 0.25) is 5.91 Å². The van der Waals surface area contributed by atoms with Crippen LogP contribution in [0.1, 0.15) is 44.2 Å². The highest BCUT2D eigenvalue weighted by Crippen LogP contribution is 2.31. The number of amides is 1. The molecule has 1 atom stereocenters. The molecule has 1 amide bonds. The molecule has 1 fully saturated rings. The highest BCUT2D eigenvalue weighted by atomic mass is 16.6. The maximum atomic E-state index is 13.7. The number of non-ortho nitro benzene ring substituents is 1. The van der Waals surface area contributed by atoms with E-state index in [1.807, 2.05) is 29.2 Å². The summed E-state index contributed by atoms with van der Waals surface area (Å²) in [6, 6.07) is 12.7. The van der Waals surface area contributed by atoms with Gasteiger partial charge in [0.05, 0.1) is 24.1 Å². The predicted molar refractivity (Wildman–Crippen MR) is 133 cm³/mol. The Kier molecular flexibility index (Phi) is 8.23. The molecule has 0 spiro atoms. The monoisotopic (exact) mass is 481 g/mol. The second-order valence-electron chi connectivity index (χ2n) is 9.95. The number of nitro groups is 1. The van der Waals surface area contributed by atoms with Crippen LogP contribution in [-0.4, -0.2) is 53.5 Å². The van der Waals surface area contributed by atoms with E-state index in [0.717, 1.165) is 48.4 Å². The lowest BCUT2D eigenvalue weighted by atomic mass is 9.95. The fraction of sp³-hybridized carbons (Fsp3) is 0.519. The molecular formula is C27H35N3O5. The quantitative estimate of drug-likeness (QED) is 0.403. The average molecular weight is 482 g/mol. The number of fused-ring (bicyclic) bond motifs is 1. The maximum absolute atomic E-state index is 13.7. The minimum atomic E-state index is -0.366. The Morgan fingerprint density at radius 1 is 1.11 bits per heavy atom. The van der Waals surface area contributed by atoms with Gasteiger partial charge >= 0.3 is 0 Å². The SMILES string of the molecule is CC(C)CN(Cc1ccc2c(c1)OCCCO2)C(=O)[C@@H]1CCCN(Cc2cccc([N+](=O)[O-])c2)C1. The molecule has 1 saturated heterocycles. The number of carbonyl (C=O) groups is 1. The van der Waals surface area contributed by atoms with Crippen molar-refractivity contribution in [3.63, 3.8) is 0 Å². The van der Waals surface area contributed by atoms with Gasteiger partial charge in [-0.15, -0.1) is 0 Å². The molecule has 188 valence electrons. The number of likely N-dealkylation sites (tertiary alicyclic amines) is 1. The number of hydrogen-bond donors (Lipinski definition) is 0. The highest BCUT2D eigenvalue weighted by molar-refractivity contribution is 5.79. The van der Waals surface area contributed by atoms with Crippen LogP contribution in [0.5, 0.6) is 11.5 Å². The molecule has 0 aromatic heterocycles. The van der Waals surface area contributed by atoms with E-state index in [1.165, 1.54) is 6.07 Å². The van der Waals surface area contributed by atoms with Crippen LogP contribution in [-0.2, 0) is 17.9 Å². The van der Waals surface area contributed by atoms with Gasteiger partial charge in [-0.1, -0.05) is 32.0 Å². The summed E-state index contributed by atoms with van der Waals surface area (Å²) in [6.07, 6.45) is 2.65. The lowest BCUT2D eigenvalue weighted by molar-refractivity contribution is -0.384. The molecule has 2 aliphatic rings. The largest absolute Gasteiger partial charge is 0.490 e. The molecule has 0 aliphatic carbocycles. The van der Waals surface area contributed by atoms with Crippen molar-refractivity contribution >= 4 is 11.6 Å². The fourth-order valence-electron chi connectivity index (χ4n) is 4.89. The molecule has 2 aromatic carbocycles. The summed E-state index contributed by atoms with van der Waals surface area (Å²) in [4.78, 5) is 28.7. The molecule has 35 heavy (non-hydrogen) atoms. The normalized spacial score (nSPS) is 18.2. The van der Waals surface area contributed by atoms with Crippen LogP contribution in [0.4, 0.5) is 5.69 Å². The van der Waals surface area contributed by atoms with Crippen LogP contribution in [0.25, 0.3) is 0 Å². The molecule has 0 radical (unpaired) electrons. The molecule has 2 aliphatic heterocycles. The van der Waals surface area contributed by atoms with Crippen molar-refractivity contribution in [2.24, 2.45) is 11.8 Å². The van der Waals surface area contributed by atoms with E-state index in [9.17, 15) is 14.9 Å². The van der Waals surface area contributed by atoms with Crippen LogP contribution < -0.4 is 9.47 Å². The van der Waals surface area contributed by atoms with Crippen molar-refractivity contribution in [3.8, 4) is 11.5 Å². The summed E-state index contributed by atoms with van der Waals surface area (Å²) in [6.45, 7) is 8.93. The zero-order chi connectivity index (χ0) is 24.8. The Hall–Kier alpha value is -3.13. The molecule has 0 N–H and O–H groups in total. The average Bonchev–Trinajstić information content (AvgIpc) is 3.08. The zero-order valence-electron chi connectivity index (χ0n) is 20.7. The summed E-state index contributed by atoms with van der Waals surface area (Å²) >= 11 is 0. The Morgan fingerprint density at radius 3 is 2.69 bits per heavy atom. The van der Waals surface area contributed by atoms with Gasteiger partial charge in [0.25, 0.3) is 5.69 Å². The number of hydrogen-bond acceptors (Lipinski definition) is 6. The summed E-state index contributed by atoms with van der Waals surface area (Å²) in [5.74, 6) is 1.95. The van der Waals surface area contributed by atoms with E-state index >= 15 is 0 Å². The standard InChI is InChI=1S/C27H35N3O5/c1-20(2)16-29(18-22-9-10-25-26(15-22)35-13-5-12-34-25)27(31)23-7-4-11-28(19-23)17-21-6-3-8-24(14-21)30(32)33/h3,6,8-10,14-15,20,23H,4-5,7,11-13,16-19H2,1-2H3/t23-/m1/s1. The number of piperidine rings is 1. The maximum Gasteiger partial charge on any atom is 0.269 e. The van der Waals surface area contributed by atoms with E-state index in [-0.39, 0.29) is 22.4 Å². The zero-order valence-corrected chi connectivity index (χ0v) is 20.7. The first kappa shape index (κ1) is 25.0. The van der Waals surface area contributed by atoms with E-state index in [1.54, 1.807) is 12.1 Å². The van der Waals surface area contributed by atoms with Crippen molar-refractivity contribution in [2.75, 3.05) is 32.8 Å². The fourth-order valence-corrected chi connectivity index (χ4v) is 4.89. The Labute approximate surface area is 207 Å². The van der Waals surface area contributed by atoms with Crippen LogP contribution in [0.2, 0.25) is 0 Å². The Bertz CT molecular complexity index is 1040. The second-order valence-corrected chi connectivity index (χ2v) is 9.95. The number of rotatable bonds is 8. The van der Waals surface area contributed by atoms with Crippen molar-refractivity contribution in [2.45, 2.75) is 46.2 Å². The molecule has 8 heteroatoms. The first-order chi connectivity index (χ1) is 16.9. The van der Waals surface area contributed by atoms with Gasteiger partial charge in [0.1, 0.15) is 0 Å². The summed E-state index contributed by atoms with van der Waals surface area (Å²) in [5.41, 5.74) is 2.04. The van der Waals surface area contributed by atoms with Gasteiger partial charge in [0.15, 0.2) is 11.5 Å². The van der Waals surface area contributed by atoms with Gasteiger partial charge in [-0.25, -0.2) is 0 Å². The number of ether oxygens (including phenoxy) is 2. The summed E-state index contributed by atoms with van der Waals surface area (Å²) in [5, 5.41) is 11.1. The first-order valence-corrected chi connectivity index (χ1v) is 12.5. The third kappa shape index (κ3) is 6.72. The van der Waals surface area contributed by atoms with Crippen molar-refractivity contribution < 1.29 is 19.2 Å². The summed E-state index contributed by atoms with van der Waals surface area (Å²) < 4.78 is 11.6. The summed E-state index contributed by atoms with van der Waals surface area (Å²) in [7, 11) is 0. The molecule has 4 rings (SSSR count). The van der Waals surface area contributed by atoms with Gasteiger partial charge < -0.3 is 14.4 Å². The lowest BCUT2D eigenvalue weighted by Crippen LogP contribution is -2.45. The topological polar surface area (TPSA) is 85.2 Å². The third-order valence-electron chi connectivity index (χ3n) is 6.46. The van der Waals surface area contributed by atoms with Crippen LogP contribution >= 0.6 is 0 Å². The molecule has 2 aromatic rings. The van der Waals surface area contributed by atoms with Gasteiger partial charge in [0, 0.05) is 44.7 Å². The predicted octanol–water partition coefficient (Wildman–Crippen LogP) is 4.65. The van der Waals surface area contributed by atoms with E-state index in [4.69, 9.17) is 9.47 Å². The molecule has 0 bridgehead atoms. The minimum Gasteiger partial charge on any atom is -0.490 e. The van der Waals surface area contributed by atoms with Crippen LogP contribution in [0, 0.1) is 22.0 Å². The van der Waals surface area contributed by atoms with E-state index < -0.39 is 0 Å². The molecular weight excluding hydrogens is 446 g/mol. The number of benzene rings is 2.